The first-order valence-electron chi connectivity index (χ1n) is 5.22. The first-order chi connectivity index (χ1) is 7.15. The van der Waals surface area contributed by atoms with Crippen LogP contribution >= 0.6 is 27.5 Å². The lowest BCUT2D eigenvalue weighted by Gasteiger charge is -2.14. The van der Waals surface area contributed by atoms with Crippen LogP contribution in [0.15, 0.2) is 16.7 Å². The Kier molecular flexibility index (Phi) is 3.52. The summed E-state index contributed by atoms with van der Waals surface area (Å²) in [5.41, 5.74) is 0. The van der Waals surface area contributed by atoms with Gasteiger partial charge in [-0.2, -0.15) is 0 Å². The van der Waals surface area contributed by atoms with E-state index in [0.29, 0.717) is 11.1 Å². The van der Waals surface area contributed by atoms with Gasteiger partial charge in [0.15, 0.2) is 0 Å². The van der Waals surface area contributed by atoms with Crippen LogP contribution in [-0.4, -0.2) is 11.0 Å². The average Bonchev–Trinajstić information content (AvgIpc) is 2.94. The molecule has 1 aromatic rings. The summed E-state index contributed by atoms with van der Waals surface area (Å²) < 4.78 is 0.910. The second-order valence-electron chi connectivity index (χ2n) is 4.21. The summed E-state index contributed by atoms with van der Waals surface area (Å²) in [6, 6.07) is 2.31. The maximum Gasteiger partial charge on any atom is 0.145 e. The molecule has 1 aliphatic carbocycles. The van der Waals surface area contributed by atoms with Gasteiger partial charge in [-0.05, 0) is 41.3 Å². The topological polar surface area (TPSA) is 24.9 Å². The molecular formula is C11H14BrClN2. The normalized spacial score (nSPS) is 17.5. The van der Waals surface area contributed by atoms with Crippen molar-refractivity contribution in [3.05, 3.63) is 21.8 Å². The fraction of sp³-hybridized carbons (Fsp3) is 0.545. The van der Waals surface area contributed by atoms with Crippen LogP contribution in [0.5, 0.6) is 0 Å². The van der Waals surface area contributed by atoms with E-state index in [-0.39, 0.29) is 0 Å². The summed E-state index contributed by atoms with van der Waals surface area (Å²) in [5, 5.41) is 4.02. The highest BCUT2D eigenvalue weighted by Crippen LogP contribution is 2.34. The number of hydrogen-bond donors (Lipinski definition) is 1. The lowest BCUT2D eigenvalue weighted by Crippen LogP contribution is -2.16. The predicted molar refractivity (Wildman–Crippen MR) is 67.4 cm³/mol. The van der Waals surface area contributed by atoms with Crippen molar-refractivity contribution in [1.82, 2.24) is 4.98 Å². The molecule has 15 heavy (non-hydrogen) atoms. The zero-order chi connectivity index (χ0) is 10.8. The monoisotopic (exact) mass is 288 g/mol. The Bertz CT molecular complexity index is 352. The van der Waals surface area contributed by atoms with Gasteiger partial charge in [-0.1, -0.05) is 24.4 Å². The molecule has 4 heteroatoms. The number of hydrogen-bond acceptors (Lipinski definition) is 2. The molecule has 2 nitrogen and oxygen atoms in total. The summed E-state index contributed by atoms with van der Waals surface area (Å²) >= 11 is 9.41. The van der Waals surface area contributed by atoms with Crippen molar-refractivity contribution in [3.63, 3.8) is 0 Å². The molecule has 0 spiro atoms. The van der Waals surface area contributed by atoms with Crippen LogP contribution in [0.2, 0.25) is 5.02 Å². The maximum absolute atomic E-state index is 6.07. The average molecular weight is 290 g/mol. The molecular weight excluding hydrogens is 275 g/mol. The Morgan fingerprint density at radius 3 is 3.00 bits per heavy atom. The Hall–Kier alpha value is -0.280. The highest BCUT2D eigenvalue weighted by atomic mass is 79.9. The Balaban J connectivity index is 1.96. The molecule has 1 N–H and O–H groups in total. The maximum atomic E-state index is 6.07. The molecule has 2 rings (SSSR count). The van der Waals surface area contributed by atoms with Gasteiger partial charge in [0.2, 0.25) is 0 Å². The van der Waals surface area contributed by atoms with Gasteiger partial charge in [-0.25, -0.2) is 4.98 Å². The second kappa shape index (κ2) is 4.71. The standard InChI is InChI=1S/C11H14BrClN2/c1-7(4-8-2-3-8)15-11-10(13)5-9(12)6-14-11/h5-8H,2-4H2,1H3,(H,14,15). The van der Waals surface area contributed by atoms with Crippen molar-refractivity contribution in [2.75, 3.05) is 5.32 Å². The number of nitrogens with zero attached hydrogens (tertiary/aromatic N) is 1. The molecule has 0 radical (unpaired) electrons. The number of nitrogens with one attached hydrogen (secondary N) is 1. The molecule has 0 bridgehead atoms. The molecule has 1 aliphatic rings. The molecule has 1 heterocycles. The summed E-state index contributed by atoms with van der Waals surface area (Å²) in [6.45, 7) is 2.18. The van der Waals surface area contributed by atoms with E-state index in [2.05, 4.69) is 33.2 Å². The van der Waals surface area contributed by atoms with E-state index in [1.807, 2.05) is 6.07 Å². The quantitative estimate of drug-likeness (QED) is 0.903. The fourth-order valence-corrected chi connectivity index (χ4v) is 2.35. The summed E-state index contributed by atoms with van der Waals surface area (Å²) in [7, 11) is 0. The minimum Gasteiger partial charge on any atom is -0.366 e. The molecule has 1 unspecified atom stereocenters. The summed E-state index contributed by atoms with van der Waals surface area (Å²) in [5.74, 6) is 1.70. The van der Waals surface area contributed by atoms with Gasteiger partial charge in [0.05, 0.1) is 5.02 Å². The number of aromatic nitrogens is 1. The van der Waals surface area contributed by atoms with E-state index >= 15 is 0 Å². The predicted octanol–water partition coefficient (Wildman–Crippen LogP) is 4.10. The van der Waals surface area contributed by atoms with Gasteiger partial charge in [0, 0.05) is 16.7 Å². The first-order valence-corrected chi connectivity index (χ1v) is 6.40. The van der Waals surface area contributed by atoms with E-state index in [9.17, 15) is 0 Å². The number of pyridine rings is 1. The molecule has 0 aliphatic heterocycles. The molecule has 82 valence electrons. The third kappa shape index (κ3) is 3.35. The Morgan fingerprint density at radius 1 is 1.67 bits per heavy atom. The van der Waals surface area contributed by atoms with Gasteiger partial charge in [-0.3, -0.25) is 0 Å². The van der Waals surface area contributed by atoms with Crippen molar-refractivity contribution in [1.29, 1.82) is 0 Å². The molecule has 1 atom stereocenters. The number of rotatable bonds is 4. The molecule has 1 saturated carbocycles. The van der Waals surface area contributed by atoms with Crippen LogP contribution in [0.3, 0.4) is 0 Å². The summed E-state index contributed by atoms with van der Waals surface area (Å²) in [4.78, 5) is 4.26. The van der Waals surface area contributed by atoms with Gasteiger partial charge in [0.1, 0.15) is 5.82 Å². The third-order valence-electron chi connectivity index (χ3n) is 2.57. The molecule has 0 amide bonds. The van der Waals surface area contributed by atoms with Crippen LogP contribution < -0.4 is 5.32 Å². The zero-order valence-electron chi connectivity index (χ0n) is 8.63. The zero-order valence-corrected chi connectivity index (χ0v) is 11.0. The van der Waals surface area contributed by atoms with Crippen LogP contribution in [0.4, 0.5) is 5.82 Å². The fourth-order valence-electron chi connectivity index (χ4n) is 1.67. The van der Waals surface area contributed by atoms with Crippen molar-refractivity contribution in [2.45, 2.75) is 32.2 Å². The van der Waals surface area contributed by atoms with E-state index in [0.717, 1.165) is 16.2 Å². The molecule has 0 saturated heterocycles. The molecule has 1 aromatic heterocycles. The van der Waals surface area contributed by atoms with Crippen LogP contribution in [0.1, 0.15) is 26.2 Å². The van der Waals surface area contributed by atoms with Crippen molar-refractivity contribution < 1.29 is 0 Å². The summed E-state index contributed by atoms with van der Waals surface area (Å²) in [6.07, 6.45) is 5.74. The number of halogens is 2. The van der Waals surface area contributed by atoms with Crippen molar-refractivity contribution in [3.8, 4) is 0 Å². The van der Waals surface area contributed by atoms with Gasteiger partial charge in [-0.15, -0.1) is 0 Å². The van der Waals surface area contributed by atoms with E-state index < -0.39 is 0 Å². The van der Waals surface area contributed by atoms with Crippen LogP contribution in [0, 0.1) is 5.92 Å². The SMILES string of the molecule is CC(CC1CC1)Nc1ncc(Br)cc1Cl. The lowest BCUT2D eigenvalue weighted by molar-refractivity contribution is 0.640. The van der Waals surface area contributed by atoms with Crippen molar-refractivity contribution >= 4 is 33.3 Å². The van der Waals surface area contributed by atoms with Gasteiger partial charge >= 0.3 is 0 Å². The lowest BCUT2D eigenvalue weighted by atomic mass is 10.1. The van der Waals surface area contributed by atoms with E-state index in [1.54, 1.807) is 6.20 Å². The molecule has 0 aromatic carbocycles. The van der Waals surface area contributed by atoms with Gasteiger partial charge in [0.25, 0.3) is 0 Å². The van der Waals surface area contributed by atoms with Crippen LogP contribution in [-0.2, 0) is 0 Å². The number of anilines is 1. The van der Waals surface area contributed by atoms with Crippen molar-refractivity contribution in [2.24, 2.45) is 5.92 Å². The van der Waals surface area contributed by atoms with Gasteiger partial charge < -0.3 is 5.32 Å². The smallest absolute Gasteiger partial charge is 0.145 e. The van der Waals surface area contributed by atoms with E-state index in [4.69, 9.17) is 11.6 Å². The highest BCUT2D eigenvalue weighted by molar-refractivity contribution is 9.10. The molecule has 1 fully saturated rings. The highest BCUT2D eigenvalue weighted by Gasteiger charge is 2.23. The minimum absolute atomic E-state index is 0.448. The third-order valence-corrected chi connectivity index (χ3v) is 3.30. The van der Waals surface area contributed by atoms with Crippen LogP contribution in [0.25, 0.3) is 0 Å². The largest absolute Gasteiger partial charge is 0.366 e. The minimum atomic E-state index is 0.448. The Morgan fingerprint density at radius 2 is 2.40 bits per heavy atom. The Labute approximate surface area is 104 Å². The first kappa shape index (κ1) is 11.2. The second-order valence-corrected chi connectivity index (χ2v) is 5.53. The van der Waals surface area contributed by atoms with E-state index in [1.165, 1.54) is 19.3 Å².